The van der Waals surface area contributed by atoms with E-state index in [0.717, 1.165) is 30.6 Å². The highest BCUT2D eigenvalue weighted by molar-refractivity contribution is 5.79. The normalized spacial score (nSPS) is 14.0. The number of benzene rings is 1. The van der Waals surface area contributed by atoms with Crippen LogP contribution in [0.5, 0.6) is 11.5 Å². The fourth-order valence-electron chi connectivity index (χ4n) is 2.68. The molecule has 1 aromatic carbocycles. The molecule has 0 amide bonds. The van der Waals surface area contributed by atoms with Crippen molar-refractivity contribution < 1.29 is 13.9 Å². The number of likely N-dealkylation sites (N-methyl/N-ethyl adjacent to an activating group) is 1. The number of hydrogen-bond acceptors (Lipinski definition) is 4. The van der Waals surface area contributed by atoms with Crippen LogP contribution < -0.4 is 10.1 Å². The van der Waals surface area contributed by atoms with Crippen LogP contribution in [-0.4, -0.2) is 49.7 Å². The van der Waals surface area contributed by atoms with Gasteiger partial charge in [0.25, 0.3) is 0 Å². The molecule has 150 valence electrons. The van der Waals surface area contributed by atoms with E-state index >= 15 is 0 Å². The van der Waals surface area contributed by atoms with Gasteiger partial charge in [0, 0.05) is 40.0 Å². The van der Waals surface area contributed by atoms with E-state index in [1.807, 2.05) is 18.0 Å². The van der Waals surface area contributed by atoms with Crippen molar-refractivity contribution in [3.8, 4) is 11.5 Å². The molecule has 0 aliphatic heterocycles. The fourth-order valence-corrected chi connectivity index (χ4v) is 2.68. The zero-order valence-corrected chi connectivity index (χ0v) is 16.4. The van der Waals surface area contributed by atoms with Crippen molar-refractivity contribution in [3.05, 3.63) is 54.1 Å². The number of nitrogens with one attached hydrogen (secondary N) is 1. The van der Waals surface area contributed by atoms with E-state index in [1.165, 1.54) is 18.9 Å². The lowest BCUT2D eigenvalue weighted by atomic mass is 10.2. The average molecular weight is 386 g/mol. The molecule has 7 heteroatoms. The summed E-state index contributed by atoms with van der Waals surface area (Å²) in [4.78, 5) is 10.2. The summed E-state index contributed by atoms with van der Waals surface area (Å²) in [6.45, 7) is 2.73. The van der Waals surface area contributed by atoms with Crippen molar-refractivity contribution in [3.63, 3.8) is 0 Å². The lowest BCUT2D eigenvalue weighted by molar-refractivity contribution is 0.115. The summed E-state index contributed by atoms with van der Waals surface area (Å²) in [5.74, 6) is 1.76. The molecule has 28 heavy (non-hydrogen) atoms. The van der Waals surface area contributed by atoms with Crippen LogP contribution in [-0.2, 0) is 11.3 Å². The summed E-state index contributed by atoms with van der Waals surface area (Å²) in [5, 5.41) is 3.25. The monoisotopic (exact) mass is 386 g/mol. The third kappa shape index (κ3) is 6.20. The minimum atomic E-state index is -0.417. The third-order valence-electron chi connectivity index (χ3n) is 4.50. The van der Waals surface area contributed by atoms with Crippen LogP contribution in [0.25, 0.3) is 0 Å². The molecule has 3 rings (SSSR count). The highest BCUT2D eigenvalue weighted by atomic mass is 19.1. The van der Waals surface area contributed by atoms with Gasteiger partial charge in [0.15, 0.2) is 17.5 Å². The third-order valence-corrected chi connectivity index (χ3v) is 4.50. The van der Waals surface area contributed by atoms with Crippen molar-refractivity contribution in [2.24, 2.45) is 10.9 Å². The van der Waals surface area contributed by atoms with E-state index in [9.17, 15) is 4.39 Å². The van der Waals surface area contributed by atoms with Crippen LogP contribution in [0.15, 0.2) is 47.7 Å². The molecule has 0 saturated heterocycles. The molecule has 1 aliphatic carbocycles. The molecule has 2 aromatic rings. The molecule has 6 nitrogen and oxygen atoms in total. The summed E-state index contributed by atoms with van der Waals surface area (Å²) in [6.07, 6.45) is 5.77. The maximum absolute atomic E-state index is 14.3. The Balaban J connectivity index is 1.47. The van der Waals surface area contributed by atoms with Gasteiger partial charge >= 0.3 is 0 Å². The Morgan fingerprint density at radius 1 is 1.36 bits per heavy atom. The Morgan fingerprint density at radius 2 is 2.21 bits per heavy atom. The van der Waals surface area contributed by atoms with Gasteiger partial charge in [-0.05, 0) is 48.6 Å². The standard InChI is InChI=1S/C21H27FN4O2/c1-23-21(26(2)10-11-27-15-16-5-6-16)25-13-17-7-8-20(19(22)12-17)28-18-4-3-9-24-14-18/h3-4,7-9,12,14,16H,5-6,10-11,13,15H2,1-2H3,(H,23,25). The first-order valence-electron chi connectivity index (χ1n) is 9.51. The summed E-state index contributed by atoms with van der Waals surface area (Å²) in [7, 11) is 3.69. The summed E-state index contributed by atoms with van der Waals surface area (Å²) >= 11 is 0. The van der Waals surface area contributed by atoms with Gasteiger partial charge in [-0.15, -0.1) is 0 Å². The molecular weight excluding hydrogens is 359 g/mol. The van der Waals surface area contributed by atoms with Gasteiger partial charge < -0.3 is 19.7 Å². The molecule has 0 atom stereocenters. The molecule has 1 saturated carbocycles. The summed E-state index contributed by atoms with van der Waals surface area (Å²) in [5.41, 5.74) is 0.801. The number of hydrogen-bond donors (Lipinski definition) is 1. The minimum absolute atomic E-state index is 0.172. The lowest BCUT2D eigenvalue weighted by Gasteiger charge is -2.22. The topological polar surface area (TPSA) is 59.0 Å². The highest BCUT2D eigenvalue weighted by Gasteiger charge is 2.21. The van der Waals surface area contributed by atoms with E-state index < -0.39 is 5.82 Å². The maximum atomic E-state index is 14.3. The van der Waals surface area contributed by atoms with Crippen molar-refractivity contribution in [2.75, 3.05) is 33.9 Å². The number of aliphatic imine (C=N–C) groups is 1. The van der Waals surface area contributed by atoms with E-state index in [0.29, 0.717) is 18.9 Å². The predicted octanol–water partition coefficient (Wildman–Crippen LogP) is 3.45. The van der Waals surface area contributed by atoms with Crippen LogP contribution >= 0.6 is 0 Å². The molecule has 1 fully saturated rings. The molecule has 1 heterocycles. The number of nitrogens with zero attached hydrogens (tertiary/aromatic N) is 3. The molecular formula is C21H27FN4O2. The Bertz CT molecular complexity index is 781. The van der Waals surface area contributed by atoms with Crippen LogP contribution in [0, 0.1) is 11.7 Å². The second kappa shape index (κ2) is 10.0. The van der Waals surface area contributed by atoms with Crippen molar-refractivity contribution >= 4 is 5.96 Å². The van der Waals surface area contributed by atoms with Gasteiger partial charge in [-0.2, -0.15) is 0 Å². The highest BCUT2D eigenvalue weighted by Crippen LogP contribution is 2.28. The van der Waals surface area contributed by atoms with Gasteiger partial charge in [0.1, 0.15) is 5.75 Å². The minimum Gasteiger partial charge on any atom is -0.453 e. The average Bonchev–Trinajstić information content (AvgIpc) is 3.53. The number of aromatic nitrogens is 1. The maximum Gasteiger partial charge on any atom is 0.193 e. The van der Waals surface area contributed by atoms with E-state index in [2.05, 4.69) is 15.3 Å². The SMILES string of the molecule is CN=C(NCc1ccc(Oc2cccnc2)c(F)c1)N(C)CCOCC1CC1. The molecule has 0 bridgehead atoms. The van der Waals surface area contributed by atoms with E-state index in [-0.39, 0.29) is 5.75 Å². The zero-order valence-electron chi connectivity index (χ0n) is 16.4. The number of halogens is 1. The molecule has 0 spiro atoms. The number of ether oxygens (including phenoxy) is 2. The predicted molar refractivity (Wildman–Crippen MR) is 107 cm³/mol. The van der Waals surface area contributed by atoms with Crippen molar-refractivity contribution in [2.45, 2.75) is 19.4 Å². The molecule has 1 aromatic heterocycles. The second-order valence-electron chi connectivity index (χ2n) is 6.90. The van der Waals surface area contributed by atoms with Crippen molar-refractivity contribution in [1.82, 2.24) is 15.2 Å². The van der Waals surface area contributed by atoms with Gasteiger partial charge in [0.05, 0.1) is 12.8 Å². The van der Waals surface area contributed by atoms with Crippen LogP contribution in [0.1, 0.15) is 18.4 Å². The summed E-state index contributed by atoms with van der Waals surface area (Å²) in [6, 6.07) is 8.39. The first kappa shape index (κ1) is 20.1. The molecule has 1 aliphatic rings. The van der Waals surface area contributed by atoms with Crippen LogP contribution in [0.4, 0.5) is 4.39 Å². The van der Waals surface area contributed by atoms with Gasteiger partial charge in [0.2, 0.25) is 0 Å². The zero-order chi connectivity index (χ0) is 19.8. The van der Waals surface area contributed by atoms with E-state index in [1.54, 1.807) is 37.6 Å². The van der Waals surface area contributed by atoms with E-state index in [4.69, 9.17) is 9.47 Å². The Morgan fingerprint density at radius 3 is 2.89 bits per heavy atom. The quantitative estimate of drug-likeness (QED) is 0.406. The lowest BCUT2D eigenvalue weighted by Crippen LogP contribution is -2.40. The van der Waals surface area contributed by atoms with Crippen LogP contribution in [0.2, 0.25) is 0 Å². The first-order chi connectivity index (χ1) is 13.7. The second-order valence-corrected chi connectivity index (χ2v) is 6.90. The Labute approximate surface area is 165 Å². The molecule has 1 N–H and O–H groups in total. The van der Waals surface area contributed by atoms with Crippen molar-refractivity contribution in [1.29, 1.82) is 0 Å². The fraction of sp³-hybridized carbons (Fsp3) is 0.429. The van der Waals surface area contributed by atoms with Gasteiger partial charge in [-0.1, -0.05) is 6.07 Å². The first-order valence-corrected chi connectivity index (χ1v) is 9.51. The van der Waals surface area contributed by atoms with Gasteiger partial charge in [-0.25, -0.2) is 4.39 Å². The van der Waals surface area contributed by atoms with Gasteiger partial charge in [-0.3, -0.25) is 9.98 Å². The Kier molecular flexibility index (Phi) is 7.19. The Hall–Kier alpha value is -2.67. The number of pyridine rings is 1. The number of guanidine groups is 1. The molecule has 0 unspecified atom stereocenters. The summed E-state index contributed by atoms with van der Waals surface area (Å²) < 4.78 is 25.5. The largest absolute Gasteiger partial charge is 0.453 e. The van der Waals surface area contributed by atoms with Crippen LogP contribution in [0.3, 0.4) is 0 Å². The number of rotatable bonds is 9. The molecule has 0 radical (unpaired) electrons. The smallest absolute Gasteiger partial charge is 0.193 e.